The number of alkyl halides is 27. The van der Waals surface area contributed by atoms with E-state index in [1.165, 1.54) is 0 Å². The predicted molar refractivity (Wildman–Crippen MR) is 120 cm³/mol. The standard InChI is InChI=1S/C23H18F27N2O2/c1-9(2)5-7(6-10(3,4)52(9)54)51-8(53)11(24,25)12(26,27)13(28,29)14(30,31)15(32,33)16(34,35)17(36,37)18(38,39)19(40,41)20(42,43)21(44,45)22(46,47)23(48,49)50/h7H,5-6H2,1-4H3,(H,51,53)/q-1. The van der Waals surface area contributed by atoms with Crippen LogP contribution in [0.5, 0.6) is 0 Å². The van der Waals surface area contributed by atoms with Gasteiger partial charge in [-0.15, -0.1) is 0 Å². The Bertz CT molecular complexity index is 1400. The molecule has 0 spiro atoms. The normalized spacial score (nSPS) is 20.3. The molecule has 4 nitrogen and oxygen atoms in total. The summed E-state index contributed by atoms with van der Waals surface area (Å²) in [7, 11) is 0. The number of hydroxylamine groups is 2. The average molecular weight is 867 g/mol. The zero-order valence-electron chi connectivity index (χ0n) is 26.0. The number of hydrogen-bond acceptors (Lipinski definition) is 3. The van der Waals surface area contributed by atoms with Crippen molar-refractivity contribution >= 4 is 5.91 Å². The van der Waals surface area contributed by atoms with Crippen molar-refractivity contribution in [2.45, 2.75) is 135 Å². The number of amides is 1. The molecule has 1 saturated heterocycles. The molecule has 322 valence electrons. The number of rotatable bonds is 13. The molecule has 0 aromatic rings. The quantitative estimate of drug-likeness (QED) is 0.188. The van der Waals surface area contributed by atoms with Crippen molar-refractivity contribution in [1.29, 1.82) is 0 Å². The monoisotopic (exact) mass is 867 g/mol. The van der Waals surface area contributed by atoms with Crippen molar-refractivity contribution < 1.29 is 123 Å². The Morgan fingerprint density at radius 1 is 0.444 bits per heavy atom. The lowest BCUT2D eigenvalue weighted by atomic mass is 9.79. The minimum atomic E-state index is -9.87. The second-order valence-electron chi connectivity index (χ2n) is 12.9. The first-order valence-electron chi connectivity index (χ1n) is 13.2. The second-order valence-corrected chi connectivity index (χ2v) is 12.9. The van der Waals surface area contributed by atoms with E-state index in [-0.39, 0.29) is 5.06 Å². The van der Waals surface area contributed by atoms with Gasteiger partial charge in [0.1, 0.15) is 0 Å². The van der Waals surface area contributed by atoms with Gasteiger partial charge < -0.3 is 15.6 Å². The van der Waals surface area contributed by atoms with E-state index in [9.17, 15) is 129 Å². The smallest absolute Gasteiger partial charge is 0.460 e. The van der Waals surface area contributed by atoms with E-state index in [0.717, 1.165) is 33.0 Å². The number of nitrogens with zero attached hydrogens (tertiary/aromatic N) is 1. The molecular formula is C23H18F27N2O2-. The molecule has 0 aliphatic carbocycles. The summed E-state index contributed by atoms with van der Waals surface area (Å²) < 4.78 is 369. The number of halogens is 27. The molecule has 1 N–H and O–H groups in total. The van der Waals surface area contributed by atoms with Gasteiger partial charge in [0.15, 0.2) is 0 Å². The van der Waals surface area contributed by atoms with E-state index in [1.807, 2.05) is 0 Å². The van der Waals surface area contributed by atoms with Gasteiger partial charge >= 0.3 is 77.2 Å². The number of nitrogens with one attached hydrogen (secondary N) is 1. The molecule has 0 radical (unpaired) electrons. The van der Waals surface area contributed by atoms with Crippen molar-refractivity contribution in [1.82, 2.24) is 10.4 Å². The maximum atomic E-state index is 14.4. The molecule has 1 aliphatic heterocycles. The molecule has 1 amide bonds. The van der Waals surface area contributed by atoms with Gasteiger partial charge in [-0.3, -0.25) is 4.79 Å². The number of carbonyl (C=O) groups is 1. The Labute approximate surface area is 280 Å². The van der Waals surface area contributed by atoms with Crippen LogP contribution in [0, 0.1) is 5.21 Å². The molecule has 0 aromatic carbocycles. The molecule has 0 bridgehead atoms. The van der Waals surface area contributed by atoms with Gasteiger partial charge in [-0.2, -0.15) is 119 Å². The number of piperidine rings is 1. The third-order valence-corrected chi connectivity index (χ3v) is 7.91. The summed E-state index contributed by atoms with van der Waals surface area (Å²) in [4.78, 5) is 11.9. The van der Waals surface area contributed by atoms with Gasteiger partial charge in [0.2, 0.25) is 0 Å². The summed E-state index contributed by atoms with van der Waals surface area (Å²) in [6.07, 6.45) is -10.1. The minimum absolute atomic E-state index is 0.214. The highest BCUT2D eigenvalue weighted by Crippen LogP contribution is 2.68. The lowest BCUT2D eigenvalue weighted by molar-refractivity contribution is -0.484. The predicted octanol–water partition coefficient (Wildman–Crippen LogP) is 9.81. The zero-order chi connectivity index (χ0) is 44.4. The summed E-state index contributed by atoms with van der Waals surface area (Å²) in [5.41, 5.74) is -3.57. The van der Waals surface area contributed by atoms with Crippen LogP contribution in [-0.2, 0) is 4.79 Å². The van der Waals surface area contributed by atoms with Crippen LogP contribution in [0.2, 0.25) is 0 Å². The first-order valence-corrected chi connectivity index (χ1v) is 13.2. The Balaban J connectivity index is 3.83. The van der Waals surface area contributed by atoms with E-state index >= 15 is 0 Å². The SMILES string of the molecule is CC1(C)CC(NC(=O)C(F)(F)C(F)(F)C(F)(F)C(F)(F)C(F)(F)C(F)(F)C(F)(F)C(F)(F)C(F)(F)C(F)(F)C(F)(F)C(F)(F)C(F)(F)F)CC(C)(C)N1[O-]. The van der Waals surface area contributed by atoms with Crippen LogP contribution < -0.4 is 5.32 Å². The molecule has 0 atom stereocenters. The van der Waals surface area contributed by atoms with Crippen LogP contribution in [0.15, 0.2) is 0 Å². The van der Waals surface area contributed by atoms with E-state index in [0.29, 0.717) is 0 Å². The lowest BCUT2D eigenvalue weighted by Crippen LogP contribution is -2.79. The largest absolute Gasteiger partial charge is 0.784 e. The van der Waals surface area contributed by atoms with Crippen LogP contribution in [0.25, 0.3) is 0 Å². The summed E-state index contributed by atoms with van der Waals surface area (Å²) in [5, 5.41) is 13.3. The molecule has 54 heavy (non-hydrogen) atoms. The molecule has 0 saturated carbocycles. The highest BCUT2D eigenvalue weighted by atomic mass is 19.4. The van der Waals surface area contributed by atoms with Gasteiger partial charge in [0.25, 0.3) is 5.91 Å². The Kier molecular flexibility index (Phi) is 11.5. The molecular weight excluding hydrogens is 849 g/mol. The van der Waals surface area contributed by atoms with Crippen molar-refractivity contribution in [2.24, 2.45) is 0 Å². The molecule has 1 aliphatic rings. The van der Waals surface area contributed by atoms with E-state index < -0.39 is 113 Å². The summed E-state index contributed by atoms with van der Waals surface area (Å²) >= 11 is 0. The van der Waals surface area contributed by atoms with Gasteiger partial charge in [-0.25, -0.2) is 0 Å². The van der Waals surface area contributed by atoms with Crippen LogP contribution in [0.3, 0.4) is 0 Å². The Morgan fingerprint density at radius 3 is 0.870 bits per heavy atom. The second kappa shape index (κ2) is 12.5. The number of hydrogen-bond donors (Lipinski definition) is 1. The van der Waals surface area contributed by atoms with E-state index in [1.54, 1.807) is 0 Å². The molecule has 31 heteroatoms. The molecule has 0 aromatic heterocycles. The first kappa shape index (κ1) is 49.5. The molecule has 1 fully saturated rings. The van der Waals surface area contributed by atoms with Gasteiger partial charge in [0, 0.05) is 17.1 Å². The van der Waals surface area contributed by atoms with Crippen molar-refractivity contribution in [3.63, 3.8) is 0 Å². The third kappa shape index (κ3) is 6.16. The van der Waals surface area contributed by atoms with Crippen molar-refractivity contribution in [3.05, 3.63) is 5.21 Å². The maximum Gasteiger partial charge on any atom is 0.460 e. The van der Waals surface area contributed by atoms with Crippen molar-refractivity contribution in [2.75, 3.05) is 0 Å². The lowest BCUT2D eigenvalue weighted by Gasteiger charge is -2.60. The Morgan fingerprint density at radius 2 is 0.648 bits per heavy atom. The Hall–Kier alpha value is -2.50. The molecule has 0 unspecified atom stereocenters. The highest BCUT2D eigenvalue weighted by molar-refractivity contribution is 5.85. The molecule has 1 heterocycles. The average Bonchev–Trinajstić information content (AvgIpc) is 2.93. The van der Waals surface area contributed by atoms with Gasteiger partial charge in [0.05, 0.1) is 0 Å². The fraction of sp³-hybridized carbons (Fsp3) is 0.957. The fourth-order valence-electron chi connectivity index (χ4n) is 4.93. The van der Waals surface area contributed by atoms with Crippen LogP contribution in [-0.4, -0.2) is 105 Å². The van der Waals surface area contributed by atoms with Gasteiger partial charge in [-0.1, -0.05) is 0 Å². The van der Waals surface area contributed by atoms with E-state index in [4.69, 9.17) is 0 Å². The third-order valence-electron chi connectivity index (χ3n) is 7.91. The van der Waals surface area contributed by atoms with E-state index in [2.05, 4.69) is 0 Å². The maximum absolute atomic E-state index is 14.4. The zero-order valence-corrected chi connectivity index (χ0v) is 26.0. The summed E-state index contributed by atoms with van der Waals surface area (Å²) in [6.45, 7) is 3.90. The van der Waals surface area contributed by atoms with Crippen LogP contribution >= 0.6 is 0 Å². The topological polar surface area (TPSA) is 55.4 Å². The first-order chi connectivity index (χ1) is 22.9. The summed E-state index contributed by atoms with van der Waals surface area (Å²) in [5.74, 6) is -115. The van der Waals surface area contributed by atoms with Gasteiger partial charge in [-0.05, 0) is 40.5 Å². The highest BCUT2D eigenvalue weighted by Gasteiger charge is 3.00. The number of carbonyl (C=O) groups excluding carboxylic acids is 1. The molecule has 1 rings (SSSR count). The summed E-state index contributed by atoms with van der Waals surface area (Å²) in [6, 6.07) is -2.04. The minimum Gasteiger partial charge on any atom is -0.784 e. The van der Waals surface area contributed by atoms with Crippen LogP contribution in [0.1, 0.15) is 40.5 Å². The van der Waals surface area contributed by atoms with Crippen molar-refractivity contribution in [3.8, 4) is 0 Å². The fourth-order valence-corrected chi connectivity index (χ4v) is 4.93. The van der Waals surface area contributed by atoms with Crippen LogP contribution in [0.4, 0.5) is 119 Å².